The lowest BCUT2D eigenvalue weighted by molar-refractivity contribution is 0.0945. The number of hydrogen-bond acceptors (Lipinski definition) is 1. The number of amides is 1. The molecule has 0 saturated carbocycles. The molecule has 1 N–H and O–H groups in total. The lowest BCUT2D eigenvalue weighted by Gasteiger charge is -2.26. The van der Waals surface area contributed by atoms with Gasteiger partial charge in [0.15, 0.2) is 0 Å². The van der Waals surface area contributed by atoms with Crippen molar-refractivity contribution in [3.05, 3.63) is 70.5 Å². The zero-order chi connectivity index (χ0) is 15.5. The van der Waals surface area contributed by atoms with Crippen LogP contribution in [0.4, 0.5) is 4.39 Å². The van der Waals surface area contributed by atoms with Gasteiger partial charge in [-0.3, -0.25) is 4.79 Å². The Balaban J connectivity index is 2.06. The first-order chi connectivity index (χ1) is 9.90. The van der Waals surface area contributed by atoms with Gasteiger partial charge in [-0.2, -0.15) is 0 Å². The molecule has 0 unspecified atom stereocenters. The second kappa shape index (κ2) is 6.27. The molecule has 2 aromatic carbocycles. The SMILES string of the molecule is CC(C)(CNC(=O)c1ccc(Cl)cc1)c1ccccc1F. The van der Waals surface area contributed by atoms with E-state index in [2.05, 4.69) is 5.32 Å². The molecule has 0 fully saturated rings. The van der Waals surface area contributed by atoms with Gasteiger partial charge in [0, 0.05) is 22.5 Å². The molecule has 0 aromatic heterocycles. The third-order valence-electron chi connectivity index (χ3n) is 3.40. The lowest BCUT2D eigenvalue weighted by atomic mass is 9.84. The first kappa shape index (κ1) is 15.5. The molecule has 0 radical (unpaired) electrons. The van der Waals surface area contributed by atoms with Crippen LogP contribution >= 0.6 is 11.6 Å². The molecule has 0 aliphatic carbocycles. The van der Waals surface area contributed by atoms with E-state index in [9.17, 15) is 9.18 Å². The van der Waals surface area contributed by atoms with Crippen LogP contribution < -0.4 is 5.32 Å². The van der Waals surface area contributed by atoms with Crippen LogP contribution in [-0.4, -0.2) is 12.5 Å². The minimum Gasteiger partial charge on any atom is -0.351 e. The van der Waals surface area contributed by atoms with Crippen molar-refractivity contribution < 1.29 is 9.18 Å². The summed E-state index contributed by atoms with van der Waals surface area (Å²) in [5.41, 5.74) is 0.623. The summed E-state index contributed by atoms with van der Waals surface area (Å²) in [5.74, 6) is -0.459. The van der Waals surface area contributed by atoms with Crippen LogP contribution in [0.1, 0.15) is 29.8 Å². The fraction of sp³-hybridized carbons (Fsp3) is 0.235. The van der Waals surface area contributed by atoms with E-state index in [0.717, 1.165) is 0 Å². The van der Waals surface area contributed by atoms with Crippen LogP contribution in [0.15, 0.2) is 48.5 Å². The fourth-order valence-electron chi connectivity index (χ4n) is 2.11. The van der Waals surface area contributed by atoms with E-state index in [0.29, 0.717) is 22.7 Å². The number of carbonyl (C=O) groups is 1. The van der Waals surface area contributed by atoms with Gasteiger partial charge < -0.3 is 5.32 Å². The zero-order valence-electron chi connectivity index (χ0n) is 12.0. The van der Waals surface area contributed by atoms with E-state index in [1.54, 1.807) is 42.5 Å². The molecule has 0 bridgehead atoms. The summed E-state index contributed by atoms with van der Waals surface area (Å²) in [6, 6.07) is 13.3. The summed E-state index contributed by atoms with van der Waals surface area (Å²) in [6.07, 6.45) is 0. The summed E-state index contributed by atoms with van der Waals surface area (Å²) in [7, 11) is 0. The normalized spacial score (nSPS) is 11.2. The Morgan fingerprint density at radius 2 is 1.76 bits per heavy atom. The van der Waals surface area contributed by atoms with Crippen molar-refractivity contribution in [2.45, 2.75) is 19.3 Å². The molecule has 0 aliphatic rings. The van der Waals surface area contributed by atoms with Crippen molar-refractivity contribution in [2.75, 3.05) is 6.54 Å². The summed E-state index contributed by atoms with van der Waals surface area (Å²) in [6.45, 7) is 4.14. The molecule has 2 nitrogen and oxygen atoms in total. The molecule has 2 aromatic rings. The molecule has 21 heavy (non-hydrogen) atoms. The molecule has 2 rings (SSSR count). The minimum absolute atomic E-state index is 0.198. The summed E-state index contributed by atoms with van der Waals surface area (Å²) in [4.78, 5) is 12.1. The first-order valence-corrected chi connectivity index (χ1v) is 7.07. The Morgan fingerprint density at radius 1 is 1.14 bits per heavy atom. The van der Waals surface area contributed by atoms with Crippen molar-refractivity contribution >= 4 is 17.5 Å². The highest BCUT2D eigenvalue weighted by molar-refractivity contribution is 6.30. The van der Waals surface area contributed by atoms with Gasteiger partial charge in [-0.1, -0.05) is 43.6 Å². The van der Waals surface area contributed by atoms with Gasteiger partial charge in [0.25, 0.3) is 5.91 Å². The number of carbonyl (C=O) groups excluding carboxylic acids is 1. The first-order valence-electron chi connectivity index (χ1n) is 6.69. The average Bonchev–Trinajstić information content (AvgIpc) is 2.46. The molecule has 0 aliphatic heterocycles. The van der Waals surface area contributed by atoms with Crippen LogP contribution in [0.25, 0.3) is 0 Å². The van der Waals surface area contributed by atoms with Crippen molar-refractivity contribution in [3.8, 4) is 0 Å². The molecule has 4 heteroatoms. The van der Waals surface area contributed by atoms with Crippen molar-refractivity contribution in [2.24, 2.45) is 0 Å². The molecule has 1 amide bonds. The maximum absolute atomic E-state index is 13.8. The van der Waals surface area contributed by atoms with E-state index in [1.807, 2.05) is 13.8 Å². The van der Waals surface area contributed by atoms with Crippen LogP contribution in [-0.2, 0) is 5.41 Å². The monoisotopic (exact) mass is 305 g/mol. The highest BCUT2D eigenvalue weighted by Gasteiger charge is 2.24. The third-order valence-corrected chi connectivity index (χ3v) is 3.65. The molecule has 0 atom stereocenters. The van der Waals surface area contributed by atoms with Crippen LogP contribution in [0.5, 0.6) is 0 Å². The quantitative estimate of drug-likeness (QED) is 0.901. The van der Waals surface area contributed by atoms with Gasteiger partial charge in [0.1, 0.15) is 5.82 Å². The van der Waals surface area contributed by atoms with E-state index >= 15 is 0 Å². The van der Waals surface area contributed by atoms with Crippen molar-refractivity contribution in [1.82, 2.24) is 5.32 Å². The number of hydrogen-bond donors (Lipinski definition) is 1. The lowest BCUT2D eigenvalue weighted by Crippen LogP contribution is -2.37. The molecule has 0 heterocycles. The van der Waals surface area contributed by atoms with Gasteiger partial charge in [0.2, 0.25) is 0 Å². The van der Waals surface area contributed by atoms with Gasteiger partial charge in [-0.05, 0) is 35.9 Å². The van der Waals surface area contributed by atoms with Gasteiger partial charge in [0.05, 0.1) is 0 Å². The van der Waals surface area contributed by atoms with Crippen LogP contribution in [0, 0.1) is 5.82 Å². The Morgan fingerprint density at radius 3 is 2.38 bits per heavy atom. The fourth-order valence-corrected chi connectivity index (χ4v) is 2.24. The second-order valence-corrected chi connectivity index (χ2v) is 5.99. The van der Waals surface area contributed by atoms with Crippen molar-refractivity contribution in [3.63, 3.8) is 0 Å². The Kier molecular flexibility index (Phi) is 4.63. The Bertz CT molecular complexity index is 637. The van der Waals surface area contributed by atoms with Gasteiger partial charge >= 0.3 is 0 Å². The summed E-state index contributed by atoms with van der Waals surface area (Å²) < 4.78 is 13.8. The topological polar surface area (TPSA) is 29.1 Å². The molecule has 0 saturated heterocycles. The third kappa shape index (κ3) is 3.82. The van der Waals surface area contributed by atoms with E-state index in [4.69, 9.17) is 11.6 Å². The van der Waals surface area contributed by atoms with Crippen LogP contribution in [0.2, 0.25) is 5.02 Å². The Labute approximate surface area is 128 Å². The predicted molar refractivity (Wildman–Crippen MR) is 83.2 cm³/mol. The standard InChI is InChI=1S/C17H17ClFNO/c1-17(2,14-5-3-4-6-15(14)19)11-20-16(21)12-7-9-13(18)10-8-12/h3-10H,11H2,1-2H3,(H,20,21). The van der Waals surface area contributed by atoms with E-state index < -0.39 is 5.41 Å². The van der Waals surface area contributed by atoms with Gasteiger partial charge in [-0.25, -0.2) is 4.39 Å². The van der Waals surface area contributed by atoms with E-state index in [1.165, 1.54) is 6.07 Å². The maximum atomic E-state index is 13.8. The second-order valence-electron chi connectivity index (χ2n) is 5.55. The molecule has 0 spiro atoms. The highest BCUT2D eigenvalue weighted by Crippen LogP contribution is 2.24. The number of halogens is 2. The number of rotatable bonds is 4. The van der Waals surface area contributed by atoms with Crippen LogP contribution in [0.3, 0.4) is 0 Å². The Hall–Kier alpha value is -1.87. The minimum atomic E-state index is -0.493. The predicted octanol–water partition coefficient (Wildman–Crippen LogP) is 4.19. The molecular formula is C17H17ClFNO. The number of nitrogens with one attached hydrogen (secondary N) is 1. The van der Waals surface area contributed by atoms with Crippen molar-refractivity contribution in [1.29, 1.82) is 0 Å². The number of benzene rings is 2. The van der Waals surface area contributed by atoms with Gasteiger partial charge in [-0.15, -0.1) is 0 Å². The molecule has 110 valence electrons. The van der Waals surface area contributed by atoms with E-state index in [-0.39, 0.29) is 11.7 Å². The maximum Gasteiger partial charge on any atom is 0.251 e. The smallest absolute Gasteiger partial charge is 0.251 e. The summed E-state index contributed by atoms with van der Waals surface area (Å²) >= 11 is 5.79. The largest absolute Gasteiger partial charge is 0.351 e. The average molecular weight is 306 g/mol. The molecular weight excluding hydrogens is 289 g/mol. The summed E-state index contributed by atoms with van der Waals surface area (Å²) in [5, 5.41) is 3.42. The zero-order valence-corrected chi connectivity index (χ0v) is 12.7. The highest BCUT2D eigenvalue weighted by atomic mass is 35.5.